The van der Waals surface area contributed by atoms with Gasteiger partial charge >= 0.3 is 0 Å². The highest BCUT2D eigenvalue weighted by molar-refractivity contribution is 5.01. The number of rotatable bonds is 7. The van der Waals surface area contributed by atoms with Crippen molar-refractivity contribution in [2.24, 2.45) is 17.3 Å². The smallest absolute Gasteiger partial charge is 0.0705 e. The van der Waals surface area contributed by atoms with Crippen LogP contribution in [0.15, 0.2) is 0 Å². The van der Waals surface area contributed by atoms with Crippen LogP contribution in [0.3, 0.4) is 0 Å². The molecule has 0 aliphatic heterocycles. The molecule has 2 unspecified atom stereocenters. The Balaban J connectivity index is 2.23. The maximum atomic E-state index is 5.92. The molecule has 1 rings (SSSR count). The van der Waals surface area contributed by atoms with E-state index in [1.165, 1.54) is 0 Å². The predicted octanol–water partition coefficient (Wildman–Crippen LogP) is 3.00. The summed E-state index contributed by atoms with van der Waals surface area (Å²) in [5.74, 6) is 1.17. The van der Waals surface area contributed by atoms with E-state index in [0.717, 1.165) is 19.6 Å². The van der Waals surface area contributed by atoms with Crippen LogP contribution in [0, 0.1) is 17.3 Å². The van der Waals surface area contributed by atoms with E-state index in [-0.39, 0.29) is 5.41 Å². The minimum Gasteiger partial charge on any atom is -0.377 e. The molecular formula is C14H29NO2. The van der Waals surface area contributed by atoms with E-state index in [1.807, 2.05) is 0 Å². The Kier molecular flexibility index (Phi) is 5.42. The molecule has 0 spiro atoms. The highest BCUT2D eigenvalue weighted by atomic mass is 16.6. The van der Waals surface area contributed by atoms with Crippen LogP contribution in [0.5, 0.6) is 0 Å². The maximum absolute atomic E-state index is 5.92. The third-order valence-electron chi connectivity index (χ3n) is 3.45. The van der Waals surface area contributed by atoms with Crippen LogP contribution in [-0.4, -0.2) is 25.4 Å². The number of nitrogens with one attached hydrogen (secondary N) is 1. The molecule has 17 heavy (non-hydrogen) atoms. The first-order valence-electron chi connectivity index (χ1n) is 6.83. The van der Waals surface area contributed by atoms with E-state index in [1.54, 1.807) is 0 Å². The second-order valence-corrected chi connectivity index (χ2v) is 6.65. The van der Waals surface area contributed by atoms with Crippen molar-refractivity contribution in [1.82, 2.24) is 5.48 Å². The molecule has 1 N–H and O–H groups in total. The van der Waals surface area contributed by atoms with E-state index in [4.69, 9.17) is 9.57 Å². The lowest BCUT2D eigenvalue weighted by molar-refractivity contribution is -0.162. The second-order valence-electron chi connectivity index (χ2n) is 6.65. The lowest BCUT2D eigenvalue weighted by Gasteiger charge is -2.51. The van der Waals surface area contributed by atoms with Crippen molar-refractivity contribution in [2.75, 3.05) is 13.2 Å². The fourth-order valence-electron chi connectivity index (χ4n) is 1.99. The topological polar surface area (TPSA) is 30.5 Å². The molecule has 1 saturated carbocycles. The molecule has 0 aromatic heterocycles. The van der Waals surface area contributed by atoms with Crippen molar-refractivity contribution in [3.8, 4) is 0 Å². The van der Waals surface area contributed by atoms with Crippen molar-refractivity contribution in [1.29, 1.82) is 0 Å². The Morgan fingerprint density at radius 1 is 1.12 bits per heavy atom. The van der Waals surface area contributed by atoms with E-state index < -0.39 is 0 Å². The van der Waals surface area contributed by atoms with Crippen molar-refractivity contribution in [3.63, 3.8) is 0 Å². The van der Waals surface area contributed by atoms with E-state index in [0.29, 0.717) is 24.0 Å². The molecule has 0 amide bonds. The number of hydrogen-bond donors (Lipinski definition) is 1. The molecule has 0 aromatic rings. The molecule has 1 aliphatic carbocycles. The highest BCUT2D eigenvalue weighted by Crippen LogP contribution is 2.42. The third-order valence-corrected chi connectivity index (χ3v) is 3.45. The molecule has 0 saturated heterocycles. The summed E-state index contributed by atoms with van der Waals surface area (Å²) in [4.78, 5) is 5.50. The quantitative estimate of drug-likeness (QED) is 0.697. The van der Waals surface area contributed by atoms with Crippen LogP contribution in [0.25, 0.3) is 0 Å². The van der Waals surface area contributed by atoms with Crippen molar-refractivity contribution in [3.05, 3.63) is 0 Å². The van der Waals surface area contributed by atoms with Crippen LogP contribution >= 0.6 is 0 Å². The number of hydroxylamine groups is 1. The first-order chi connectivity index (χ1) is 7.84. The van der Waals surface area contributed by atoms with E-state index in [9.17, 15) is 0 Å². The van der Waals surface area contributed by atoms with E-state index >= 15 is 0 Å². The van der Waals surface area contributed by atoms with Crippen LogP contribution in [-0.2, 0) is 9.57 Å². The summed E-state index contributed by atoms with van der Waals surface area (Å²) in [5.41, 5.74) is 3.35. The van der Waals surface area contributed by atoms with Crippen LogP contribution < -0.4 is 5.48 Å². The van der Waals surface area contributed by atoms with Gasteiger partial charge in [0.05, 0.1) is 12.7 Å². The van der Waals surface area contributed by atoms with Crippen LogP contribution in [0.1, 0.15) is 48.0 Å². The average molecular weight is 243 g/mol. The molecule has 102 valence electrons. The average Bonchev–Trinajstić information content (AvgIpc) is 2.20. The molecule has 3 nitrogen and oxygen atoms in total. The van der Waals surface area contributed by atoms with Gasteiger partial charge in [-0.05, 0) is 18.3 Å². The minimum absolute atomic E-state index is 0.172. The molecule has 0 radical (unpaired) electrons. The van der Waals surface area contributed by atoms with Gasteiger partial charge < -0.3 is 9.57 Å². The van der Waals surface area contributed by atoms with Gasteiger partial charge in [0.2, 0.25) is 0 Å². The molecule has 3 heteroatoms. The maximum Gasteiger partial charge on any atom is 0.0705 e. The molecule has 1 aliphatic rings. The molecule has 0 heterocycles. The normalized spacial score (nSPS) is 27.5. The zero-order chi connectivity index (χ0) is 13.1. The lowest BCUT2D eigenvalue weighted by atomic mass is 9.65. The Labute approximate surface area is 106 Å². The largest absolute Gasteiger partial charge is 0.377 e. The van der Waals surface area contributed by atoms with Crippen LogP contribution in [0.2, 0.25) is 0 Å². The minimum atomic E-state index is 0.172. The van der Waals surface area contributed by atoms with Crippen molar-refractivity contribution >= 4 is 0 Å². The molecular weight excluding hydrogens is 214 g/mol. The second kappa shape index (κ2) is 6.17. The fourth-order valence-corrected chi connectivity index (χ4v) is 1.99. The summed E-state index contributed by atoms with van der Waals surface area (Å²) in [6.07, 6.45) is 1.42. The van der Waals surface area contributed by atoms with Gasteiger partial charge in [-0.15, -0.1) is 0 Å². The van der Waals surface area contributed by atoms with E-state index in [2.05, 4.69) is 47.0 Å². The van der Waals surface area contributed by atoms with Gasteiger partial charge in [-0.25, -0.2) is 0 Å². The molecule has 0 aromatic carbocycles. The Hall–Kier alpha value is -0.120. The molecule has 1 fully saturated rings. The molecule has 0 bridgehead atoms. The number of hydrogen-bond acceptors (Lipinski definition) is 3. The number of ether oxygens (including phenoxy) is 1. The first kappa shape index (κ1) is 14.9. The Morgan fingerprint density at radius 2 is 1.71 bits per heavy atom. The van der Waals surface area contributed by atoms with Gasteiger partial charge in [0, 0.05) is 18.1 Å². The summed E-state index contributed by atoms with van der Waals surface area (Å²) in [6, 6.07) is 0.415. The zero-order valence-corrected chi connectivity index (χ0v) is 12.2. The standard InChI is InChI=1S/C14H29NO2/c1-10(2)8-16-13-7-12(14(13,5)6)15-17-9-11(3)4/h10-13,15H,7-9H2,1-6H3. The van der Waals surface area contributed by atoms with Crippen molar-refractivity contribution < 1.29 is 9.57 Å². The Bertz CT molecular complexity index is 226. The summed E-state index contributed by atoms with van der Waals surface area (Å²) in [6.45, 7) is 14.8. The van der Waals surface area contributed by atoms with Gasteiger partial charge in [-0.2, -0.15) is 5.48 Å². The highest BCUT2D eigenvalue weighted by Gasteiger charge is 2.49. The SMILES string of the molecule is CC(C)CONC1CC(OCC(C)C)C1(C)C. The summed E-state index contributed by atoms with van der Waals surface area (Å²) < 4.78 is 5.92. The fraction of sp³-hybridized carbons (Fsp3) is 1.00. The van der Waals surface area contributed by atoms with Gasteiger partial charge in [0.1, 0.15) is 0 Å². The monoisotopic (exact) mass is 243 g/mol. The summed E-state index contributed by atoms with van der Waals surface area (Å²) >= 11 is 0. The van der Waals surface area contributed by atoms with Crippen LogP contribution in [0.4, 0.5) is 0 Å². The van der Waals surface area contributed by atoms with Gasteiger partial charge in [0.15, 0.2) is 0 Å². The van der Waals surface area contributed by atoms with Crippen molar-refractivity contribution in [2.45, 2.75) is 60.1 Å². The predicted molar refractivity (Wildman–Crippen MR) is 70.7 cm³/mol. The van der Waals surface area contributed by atoms with Gasteiger partial charge in [-0.1, -0.05) is 41.5 Å². The van der Waals surface area contributed by atoms with Gasteiger partial charge in [0.25, 0.3) is 0 Å². The third kappa shape index (κ3) is 4.23. The summed E-state index contributed by atoms with van der Waals surface area (Å²) in [7, 11) is 0. The lowest BCUT2D eigenvalue weighted by Crippen LogP contribution is -2.61. The molecule has 2 atom stereocenters. The summed E-state index contributed by atoms with van der Waals surface area (Å²) in [5, 5.41) is 0. The first-order valence-corrected chi connectivity index (χ1v) is 6.83. The zero-order valence-electron chi connectivity index (χ0n) is 12.2. The Morgan fingerprint density at radius 3 is 2.18 bits per heavy atom. The van der Waals surface area contributed by atoms with Gasteiger partial charge in [-0.3, -0.25) is 0 Å².